The first-order valence-corrected chi connectivity index (χ1v) is 5.84. The number of nitrogens with one attached hydrogen (secondary N) is 1. The average Bonchev–Trinajstić information content (AvgIpc) is 2.99. The van der Waals surface area contributed by atoms with Gasteiger partial charge in [-0.2, -0.15) is 0 Å². The molecular weight excluding hydrogens is 186 g/mol. The van der Waals surface area contributed by atoms with Crippen molar-refractivity contribution in [2.75, 3.05) is 7.05 Å². The maximum Gasteiger partial charge on any atom is 0.131 e. The third-order valence-electron chi connectivity index (χ3n) is 3.54. The van der Waals surface area contributed by atoms with E-state index in [9.17, 15) is 0 Å². The van der Waals surface area contributed by atoms with Gasteiger partial charge >= 0.3 is 0 Å². The largest absolute Gasteiger partial charge is 0.313 e. The van der Waals surface area contributed by atoms with Crippen molar-refractivity contribution in [2.24, 2.45) is 0 Å². The van der Waals surface area contributed by atoms with Crippen LogP contribution in [0.1, 0.15) is 54.0 Å². The molecule has 3 rings (SSSR count). The van der Waals surface area contributed by atoms with E-state index in [2.05, 4.69) is 17.2 Å². The lowest BCUT2D eigenvalue weighted by atomic mass is 10.1. The van der Waals surface area contributed by atoms with Crippen molar-refractivity contribution < 1.29 is 0 Å². The molecule has 1 heterocycles. The van der Waals surface area contributed by atoms with Crippen molar-refractivity contribution in [1.82, 2.24) is 15.3 Å². The molecule has 0 aliphatic heterocycles. The van der Waals surface area contributed by atoms with Crippen LogP contribution in [0.5, 0.6) is 0 Å². The maximum atomic E-state index is 4.72. The third kappa shape index (κ3) is 1.46. The van der Waals surface area contributed by atoms with Crippen LogP contribution < -0.4 is 5.32 Å². The molecule has 2 aliphatic rings. The van der Waals surface area contributed by atoms with Gasteiger partial charge in [0, 0.05) is 28.9 Å². The lowest BCUT2D eigenvalue weighted by molar-refractivity contribution is 0.586. The van der Waals surface area contributed by atoms with Crippen molar-refractivity contribution >= 4 is 0 Å². The number of fused-ring (bicyclic) bond motifs is 1. The van der Waals surface area contributed by atoms with E-state index in [1.807, 2.05) is 7.05 Å². The van der Waals surface area contributed by atoms with Crippen molar-refractivity contribution in [3.63, 3.8) is 0 Å². The van der Waals surface area contributed by atoms with Crippen LogP contribution in [0, 0.1) is 6.92 Å². The predicted octanol–water partition coefficient (Wildman–Crippen LogP) is 1.87. The average molecular weight is 203 g/mol. The first-order valence-electron chi connectivity index (χ1n) is 5.84. The smallest absolute Gasteiger partial charge is 0.131 e. The summed E-state index contributed by atoms with van der Waals surface area (Å²) in [5.74, 6) is 1.77. The van der Waals surface area contributed by atoms with Gasteiger partial charge < -0.3 is 5.32 Å². The van der Waals surface area contributed by atoms with Gasteiger partial charge in [0.1, 0.15) is 5.82 Å². The molecule has 1 unspecified atom stereocenters. The van der Waals surface area contributed by atoms with E-state index in [1.54, 1.807) is 0 Å². The molecule has 1 atom stereocenters. The minimum absolute atomic E-state index is 0.480. The topological polar surface area (TPSA) is 37.8 Å². The normalized spacial score (nSPS) is 24.3. The molecule has 1 aromatic heterocycles. The summed E-state index contributed by atoms with van der Waals surface area (Å²) in [6.07, 6.45) is 4.86. The molecule has 3 nitrogen and oxygen atoms in total. The van der Waals surface area contributed by atoms with Gasteiger partial charge in [-0.05, 0) is 39.7 Å². The van der Waals surface area contributed by atoms with Crippen molar-refractivity contribution in [3.05, 3.63) is 22.8 Å². The van der Waals surface area contributed by atoms with Gasteiger partial charge in [0.25, 0.3) is 0 Å². The molecule has 0 spiro atoms. The third-order valence-corrected chi connectivity index (χ3v) is 3.54. The van der Waals surface area contributed by atoms with Crippen molar-refractivity contribution in [1.29, 1.82) is 0 Å². The van der Waals surface area contributed by atoms with Crippen molar-refractivity contribution in [2.45, 2.75) is 44.6 Å². The quantitative estimate of drug-likeness (QED) is 0.797. The van der Waals surface area contributed by atoms with Gasteiger partial charge in [0.05, 0.1) is 0 Å². The summed E-state index contributed by atoms with van der Waals surface area (Å²) in [7, 11) is 2.02. The Kier molecular flexibility index (Phi) is 2.02. The fourth-order valence-corrected chi connectivity index (χ4v) is 2.55. The molecule has 1 aromatic rings. The molecule has 0 saturated heterocycles. The van der Waals surface area contributed by atoms with E-state index in [1.165, 1.54) is 36.2 Å². The number of aromatic nitrogens is 2. The molecule has 15 heavy (non-hydrogen) atoms. The Morgan fingerprint density at radius 1 is 1.20 bits per heavy atom. The molecule has 0 radical (unpaired) electrons. The van der Waals surface area contributed by atoms with E-state index in [4.69, 9.17) is 4.98 Å². The van der Waals surface area contributed by atoms with Crippen LogP contribution in [0.2, 0.25) is 0 Å². The second-order valence-corrected chi connectivity index (χ2v) is 4.68. The van der Waals surface area contributed by atoms with Gasteiger partial charge in [-0.3, -0.25) is 0 Å². The summed E-state index contributed by atoms with van der Waals surface area (Å²) >= 11 is 0. The molecule has 0 aromatic carbocycles. The fourth-order valence-electron chi connectivity index (χ4n) is 2.55. The van der Waals surface area contributed by atoms with Crippen molar-refractivity contribution in [3.8, 4) is 0 Å². The van der Waals surface area contributed by atoms with Crippen LogP contribution in [-0.4, -0.2) is 17.0 Å². The Bertz CT molecular complexity index is 396. The molecule has 0 amide bonds. The van der Waals surface area contributed by atoms with Crippen LogP contribution in [0.4, 0.5) is 0 Å². The Labute approximate surface area is 90.3 Å². The second kappa shape index (κ2) is 3.27. The van der Waals surface area contributed by atoms with Crippen LogP contribution in [0.3, 0.4) is 0 Å². The van der Waals surface area contributed by atoms with E-state index >= 15 is 0 Å². The molecule has 1 saturated carbocycles. The standard InChI is InChI=1S/C12H17N3/c1-7-11-9(13-2)5-6-10(11)15-12(14-7)8-3-4-8/h8-9,13H,3-6H2,1-2H3. The molecule has 80 valence electrons. The Hall–Kier alpha value is -0.960. The summed E-state index contributed by atoms with van der Waals surface area (Å²) in [4.78, 5) is 9.38. The Morgan fingerprint density at radius 3 is 2.67 bits per heavy atom. The number of hydrogen-bond donors (Lipinski definition) is 1. The Balaban J connectivity index is 2.05. The van der Waals surface area contributed by atoms with E-state index < -0.39 is 0 Å². The summed E-state index contributed by atoms with van der Waals surface area (Å²) < 4.78 is 0. The highest BCUT2D eigenvalue weighted by molar-refractivity contribution is 5.34. The van der Waals surface area contributed by atoms with Crippen LogP contribution >= 0.6 is 0 Å². The summed E-state index contributed by atoms with van der Waals surface area (Å²) in [6, 6.07) is 0.480. The van der Waals surface area contributed by atoms with E-state index in [0.29, 0.717) is 12.0 Å². The Morgan fingerprint density at radius 2 is 2.00 bits per heavy atom. The SMILES string of the molecule is CNC1CCc2nc(C3CC3)nc(C)c21. The summed E-state index contributed by atoms with van der Waals surface area (Å²) in [6.45, 7) is 2.13. The zero-order valence-corrected chi connectivity index (χ0v) is 9.38. The van der Waals surface area contributed by atoms with Crippen LogP contribution in [0.15, 0.2) is 0 Å². The van der Waals surface area contributed by atoms with E-state index in [0.717, 1.165) is 12.2 Å². The fraction of sp³-hybridized carbons (Fsp3) is 0.667. The lowest BCUT2D eigenvalue weighted by Gasteiger charge is -2.12. The highest BCUT2D eigenvalue weighted by Gasteiger charge is 2.31. The number of aryl methyl sites for hydroxylation is 2. The molecule has 1 N–H and O–H groups in total. The van der Waals surface area contributed by atoms with Gasteiger partial charge in [0.15, 0.2) is 0 Å². The number of rotatable bonds is 2. The summed E-state index contributed by atoms with van der Waals surface area (Å²) in [5.41, 5.74) is 3.85. The minimum atomic E-state index is 0.480. The molecule has 1 fully saturated rings. The zero-order chi connectivity index (χ0) is 10.4. The maximum absolute atomic E-state index is 4.72. The number of nitrogens with zero attached hydrogens (tertiary/aromatic N) is 2. The monoisotopic (exact) mass is 203 g/mol. The van der Waals surface area contributed by atoms with Crippen LogP contribution in [-0.2, 0) is 6.42 Å². The van der Waals surface area contributed by atoms with Gasteiger partial charge in [0.2, 0.25) is 0 Å². The van der Waals surface area contributed by atoms with Crippen LogP contribution in [0.25, 0.3) is 0 Å². The molecule has 0 bridgehead atoms. The second-order valence-electron chi connectivity index (χ2n) is 4.68. The van der Waals surface area contributed by atoms with Gasteiger partial charge in [-0.15, -0.1) is 0 Å². The van der Waals surface area contributed by atoms with E-state index in [-0.39, 0.29) is 0 Å². The molecule has 3 heteroatoms. The first-order chi connectivity index (χ1) is 7.29. The number of hydrogen-bond acceptors (Lipinski definition) is 3. The van der Waals surface area contributed by atoms with Gasteiger partial charge in [-0.1, -0.05) is 0 Å². The molecule has 2 aliphatic carbocycles. The highest BCUT2D eigenvalue weighted by Crippen LogP contribution is 2.40. The first kappa shape index (κ1) is 9.28. The predicted molar refractivity (Wildman–Crippen MR) is 58.9 cm³/mol. The zero-order valence-electron chi connectivity index (χ0n) is 9.38. The highest BCUT2D eigenvalue weighted by atomic mass is 15.0. The lowest BCUT2D eigenvalue weighted by Crippen LogP contribution is -2.15. The minimum Gasteiger partial charge on any atom is -0.313 e. The van der Waals surface area contributed by atoms with Gasteiger partial charge in [-0.25, -0.2) is 9.97 Å². The summed E-state index contributed by atoms with van der Waals surface area (Å²) in [5, 5.41) is 3.35. The molecular formula is C12H17N3.